The molecule has 112 valence electrons. The molecule has 4 nitrogen and oxygen atoms in total. The molecule has 0 spiro atoms. The summed E-state index contributed by atoms with van der Waals surface area (Å²) in [6.07, 6.45) is 0.993. The van der Waals surface area contributed by atoms with Crippen molar-refractivity contribution in [1.82, 2.24) is 4.90 Å². The highest BCUT2D eigenvalue weighted by molar-refractivity contribution is 5.74. The summed E-state index contributed by atoms with van der Waals surface area (Å²) in [6.45, 7) is 7.19. The Balaban J connectivity index is 2.17. The minimum Gasteiger partial charge on any atom is -0.491 e. The monoisotopic (exact) mass is 277 g/mol. The van der Waals surface area contributed by atoms with Gasteiger partial charge in [-0.05, 0) is 38.6 Å². The Morgan fingerprint density at radius 3 is 2.70 bits per heavy atom. The number of likely N-dealkylation sites (N-methyl/N-ethyl adjacent to an activating group) is 1. The molecule has 0 aromatic heterocycles. The van der Waals surface area contributed by atoms with E-state index in [1.165, 1.54) is 0 Å². The van der Waals surface area contributed by atoms with Crippen molar-refractivity contribution in [2.75, 3.05) is 44.4 Å². The molecule has 1 saturated heterocycles. The smallest absolute Gasteiger partial charge is 0.144 e. The second kappa shape index (κ2) is 6.35. The van der Waals surface area contributed by atoms with Crippen molar-refractivity contribution >= 4 is 11.4 Å². The fraction of sp³-hybridized carbons (Fsp3) is 0.625. The molecule has 1 aromatic carbocycles. The van der Waals surface area contributed by atoms with E-state index >= 15 is 0 Å². The summed E-state index contributed by atoms with van der Waals surface area (Å²) >= 11 is 0. The first-order valence-corrected chi connectivity index (χ1v) is 7.47. The molecule has 1 fully saturated rings. The SMILES string of the molecule is CCCOc1cccc(N2CC(C)C(N(C)C)C2)c1N. The van der Waals surface area contributed by atoms with E-state index in [-0.39, 0.29) is 0 Å². The molecule has 0 aliphatic carbocycles. The van der Waals surface area contributed by atoms with Gasteiger partial charge < -0.3 is 20.3 Å². The molecule has 1 aliphatic rings. The normalized spacial score (nSPS) is 22.6. The molecular weight excluding hydrogens is 250 g/mol. The summed E-state index contributed by atoms with van der Waals surface area (Å²) in [5.41, 5.74) is 8.17. The van der Waals surface area contributed by atoms with E-state index in [1.807, 2.05) is 12.1 Å². The van der Waals surface area contributed by atoms with Crippen molar-refractivity contribution < 1.29 is 4.74 Å². The van der Waals surface area contributed by atoms with Gasteiger partial charge in [0.15, 0.2) is 0 Å². The third kappa shape index (κ3) is 3.01. The molecule has 1 aliphatic heterocycles. The first-order valence-electron chi connectivity index (χ1n) is 7.47. The third-order valence-electron chi connectivity index (χ3n) is 4.08. The van der Waals surface area contributed by atoms with Gasteiger partial charge in [0, 0.05) is 19.1 Å². The number of para-hydroxylation sites is 1. The van der Waals surface area contributed by atoms with Crippen LogP contribution in [0.4, 0.5) is 11.4 Å². The fourth-order valence-electron chi connectivity index (χ4n) is 2.96. The van der Waals surface area contributed by atoms with E-state index in [2.05, 4.69) is 43.8 Å². The average Bonchev–Trinajstić information content (AvgIpc) is 2.79. The van der Waals surface area contributed by atoms with E-state index < -0.39 is 0 Å². The van der Waals surface area contributed by atoms with Crippen molar-refractivity contribution in [3.05, 3.63) is 18.2 Å². The predicted molar refractivity (Wildman–Crippen MR) is 85.5 cm³/mol. The number of hydrogen-bond donors (Lipinski definition) is 1. The van der Waals surface area contributed by atoms with Crippen LogP contribution in [0.15, 0.2) is 18.2 Å². The molecule has 0 bridgehead atoms. The lowest BCUT2D eigenvalue weighted by Crippen LogP contribution is -2.34. The second-order valence-electron chi connectivity index (χ2n) is 5.95. The molecule has 1 aromatic rings. The van der Waals surface area contributed by atoms with Gasteiger partial charge in [-0.25, -0.2) is 0 Å². The van der Waals surface area contributed by atoms with Crippen LogP contribution in [0.5, 0.6) is 5.75 Å². The van der Waals surface area contributed by atoms with Crippen molar-refractivity contribution in [2.45, 2.75) is 26.3 Å². The van der Waals surface area contributed by atoms with E-state index in [9.17, 15) is 0 Å². The van der Waals surface area contributed by atoms with Gasteiger partial charge in [-0.3, -0.25) is 0 Å². The number of nitrogens with two attached hydrogens (primary N) is 1. The van der Waals surface area contributed by atoms with E-state index in [4.69, 9.17) is 10.5 Å². The topological polar surface area (TPSA) is 41.7 Å². The Morgan fingerprint density at radius 2 is 2.10 bits per heavy atom. The minimum atomic E-state index is 0.578. The van der Waals surface area contributed by atoms with Crippen LogP contribution in [0.25, 0.3) is 0 Å². The number of rotatable bonds is 5. The maximum Gasteiger partial charge on any atom is 0.144 e. The molecule has 0 saturated carbocycles. The summed E-state index contributed by atoms with van der Waals surface area (Å²) in [7, 11) is 4.30. The molecule has 0 amide bonds. The van der Waals surface area contributed by atoms with Crippen LogP contribution in [-0.4, -0.2) is 44.7 Å². The van der Waals surface area contributed by atoms with Crippen molar-refractivity contribution in [1.29, 1.82) is 0 Å². The molecule has 0 radical (unpaired) electrons. The van der Waals surface area contributed by atoms with Crippen molar-refractivity contribution in [2.24, 2.45) is 5.92 Å². The van der Waals surface area contributed by atoms with Crippen molar-refractivity contribution in [3.8, 4) is 5.75 Å². The Kier molecular flexibility index (Phi) is 4.76. The number of anilines is 2. The molecule has 2 unspecified atom stereocenters. The summed E-state index contributed by atoms with van der Waals surface area (Å²) in [5.74, 6) is 1.45. The Bertz CT molecular complexity index is 447. The highest BCUT2D eigenvalue weighted by atomic mass is 16.5. The third-order valence-corrected chi connectivity index (χ3v) is 4.08. The van der Waals surface area contributed by atoms with E-state index in [0.717, 1.165) is 36.6 Å². The zero-order valence-electron chi connectivity index (χ0n) is 13.1. The van der Waals surface area contributed by atoms with Gasteiger partial charge in [0.1, 0.15) is 5.75 Å². The average molecular weight is 277 g/mol. The van der Waals surface area contributed by atoms with E-state index in [0.29, 0.717) is 18.6 Å². The molecule has 2 atom stereocenters. The molecule has 2 rings (SSSR count). The lowest BCUT2D eigenvalue weighted by Gasteiger charge is -2.24. The van der Waals surface area contributed by atoms with Crippen LogP contribution in [0.2, 0.25) is 0 Å². The first kappa shape index (κ1) is 15.0. The van der Waals surface area contributed by atoms with Crippen LogP contribution in [-0.2, 0) is 0 Å². The zero-order chi connectivity index (χ0) is 14.7. The molecule has 4 heteroatoms. The van der Waals surface area contributed by atoms with Crippen LogP contribution >= 0.6 is 0 Å². The molecule has 1 heterocycles. The van der Waals surface area contributed by atoms with Gasteiger partial charge in [0.05, 0.1) is 18.0 Å². The molecule has 2 N–H and O–H groups in total. The lowest BCUT2D eigenvalue weighted by molar-refractivity contribution is 0.266. The molecular formula is C16H27N3O. The van der Waals surface area contributed by atoms with Crippen LogP contribution < -0.4 is 15.4 Å². The number of ether oxygens (including phenoxy) is 1. The molecule has 20 heavy (non-hydrogen) atoms. The fourth-order valence-corrected chi connectivity index (χ4v) is 2.96. The number of hydrogen-bond acceptors (Lipinski definition) is 4. The van der Waals surface area contributed by atoms with Crippen molar-refractivity contribution in [3.63, 3.8) is 0 Å². The minimum absolute atomic E-state index is 0.578. The van der Waals surface area contributed by atoms with Gasteiger partial charge in [-0.15, -0.1) is 0 Å². The summed E-state index contributed by atoms with van der Waals surface area (Å²) in [6, 6.07) is 6.66. The van der Waals surface area contributed by atoms with Gasteiger partial charge in [0.2, 0.25) is 0 Å². The van der Waals surface area contributed by atoms with Gasteiger partial charge in [-0.1, -0.05) is 19.9 Å². The number of nitrogen functional groups attached to an aromatic ring is 1. The summed E-state index contributed by atoms with van der Waals surface area (Å²) < 4.78 is 5.73. The van der Waals surface area contributed by atoms with Crippen LogP contribution in [0, 0.1) is 5.92 Å². The highest BCUT2D eigenvalue weighted by Crippen LogP contribution is 2.35. The number of nitrogens with zero attached hydrogens (tertiary/aromatic N) is 2. The summed E-state index contributed by atoms with van der Waals surface area (Å²) in [5, 5.41) is 0. The van der Waals surface area contributed by atoms with Gasteiger partial charge in [-0.2, -0.15) is 0 Å². The standard InChI is InChI=1S/C16H27N3O/c1-5-9-20-15-8-6-7-13(16(15)17)19-10-12(2)14(11-19)18(3)4/h6-8,12,14H,5,9-11,17H2,1-4H3. The largest absolute Gasteiger partial charge is 0.491 e. The summed E-state index contributed by atoms with van der Waals surface area (Å²) in [4.78, 5) is 4.68. The van der Waals surface area contributed by atoms with Crippen LogP contribution in [0.1, 0.15) is 20.3 Å². The first-order chi connectivity index (χ1) is 9.54. The maximum atomic E-state index is 6.29. The van der Waals surface area contributed by atoms with Crippen LogP contribution in [0.3, 0.4) is 0 Å². The van der Waals surface area contributed by atoms with Gasteiger partial charge >= 0.3 is 0 Å². The second-order valence-corrected chi connectivity index (χ2v) is 5.95. The highest BCUT2D eigenvalue weighted by Gasteiger charge is 2.32. The quantitative estimate of drug-likeness (QED) is 0.839. The van der Waals surface area contributed by atoms with Gasteiger partial charge in [0.25, 0.3) is 0 Å². The zero-order valence-corrected chi connectivity index (χ0v) is 13.1. The Hall–Kier alpha value is -1.42. The number of benzene rings is 1. The predicted octanol–water partition coefficient (Wildman–Crippen LogP) is 2.44. The Labute approximate surface area is 122 Å². The lowest BCUT2D eigenvalue weighted by atomic mass is 10.1. The van der Waals surface area contributed by atoms with E-state index in [1.54, 1.807) is 0 Å². The maximum absolute atomic E-state index is 6.29. The Morgan fingerprint density at radius 1 is 1.35 bits per heavy atom.